The molecular formula is C12H17BrN2. The minimum atomic E-state index is 0.289. The number of rotatable bonds is 1. The van der Waals surface area contributed by atoms with Crippen molar-refractivity contribution in [3.8, 4) is 0 Å². The molecule has 0 unspecified atom stereocenters. The van der Waals surface area contributed by atoms with Gasteiger partial charge in [0, 0.05) is 35.2 Å². The lowest BCUT2D eigenvalue weighted by molar-refractivity contribution is 0.0453. The number of hydrogen-bond acceptors (Lipinski definition) is 2. The molecule has 1 aromatic rings. The SMILES string of the molecule is CC(C)(C)N1CC(c2ncccc2Br)C1. The molecule has 0 bridgehead atoms. The smallest absolute Gasteiger partial charge is 0.0601 e. The second kappa shape index (κ2) is 3.87. The second-order valence-corrected chi connectivity index (χ2v) is 6.00. The zero-order valence-corrected chi connectivity index (χ0v) is 11.1. The number of aromatic nitrogens is 1. The van der Waals surface area contributed by atoms with E-state index in [1.807, 2.05) is 12.3 Å². The zero-order chi connectivity index (χ0) is 11.1. The van der Waals surface area contributed by atoms with Gasteiger partial charge < -0.3 is 0 Å². The lowest BCUT2D eigenvalue weighted by atomic mass is 9.90. The fraction of sp³-hybridized carbons (Fsp3) is 0.583. The van der Waals surface area contributed by atoms with Crippen molar-refractivity contribution in [3.05, 3.63) is 28.5 Å². The van der Waals surface area contributed by atoms with Crippen LogP contribution in [0.3, 0.4) is 0 Å². The maximum atomic E-state index is 4.44. The Hall–Kier alpha value is -0.410. The van der Waals surface area contributed by atoms with Crippen molar-refractivity contribution in [3.63, 3.8) is 0 Å². The monoisotopic (exact) mass is 268 g/mol. The average molecular weight is 269 g/mol. The van der Waals surface area contributed by atoms with Gasteiger partial charge in [0.2, 0.25) is 0 Å². The van der Waals surface area contributed by atoms with E-state index < -0.39 is 0 Å². The molecule has 1 aliphatic heterocycles. The lowest BCUT2D eigenvalue weighted by Crippen LogP contribution is -2.54. The molecule has 1 fully saturated rings. The van der Waals surface area contributed by atoms with Gasteiger partial charge in [0.05, 0.1) is 5.69 Å². The number of halogens is 1. The highest BCUT2D eigenvalue weighted by molar-refractivity contribution is 9.10. The van der Waals surface area contributed by atoms with Gasteiger partial charge in [-0.3, -0.25) is 9.88 Å². The van der Waals surface area contributed by atoms with Crippen LogP contribution in [0.2, 0.25) is 0 Å². The summed E-state index contributed by atoms with van der Waals surface area (Å²) < 4.78 is 1.14. The molecule has 2 rings (SSSR count). The molecule has 0 N–H and O–H groups in total. The first-order chi connectivity index (χ1) is 6.98. The van der Waals surface area contributed by atoms with Gasteiger partial charge in [-0.25, -0.2) is 0 Å². The Labute approximate surface area is 99.8 Å². The summed E-state index contributed by atoms with van der Waals surface area (Å²) in [6, 6.07) is 4.04. The molecule has 0 aliphatic carbocycles. The largest absolute Gasteiger partial charge is 0.297 e. The van der Waals surface area contributed by atoms with Crippen LogP contribution in [0.25, 0.3) is 0 Å². The predicted octanol–water partition coefficient (Wildman–Crippen LogP) is 3.04. The highest BCUT2D eigenvalue weighted by Gasteiger charge is 2.36. The molecule has 0 radical (unpaired) electrons. The van der Waals surface area contributed by atoms with Crippen LogP contribution < -0.4 is 0 Å². The number of hydrogen-bond donors (Lipinski definition) is 0. The van der Waals surface area contributed by atoms with Crippen molar-refractivity contribution in [2.24, 2.45) is 0 Å². The normalized spacial score (nSPS) is 18.9. The quantitative estimate of drug-likeness (QED) is 0.779. The second-order valence-electron chi connectivity index (χ2n) is 5.14. The van der Waals surface area contributed by atoms with Gasteiger partial charge in [-0.05, 0) is 48.8 Å². The molecule has 82 valence electrons. The first-order valence-electron chi connectivity index (χ1n) is 5.34. The first kappa shape index (κ1) is 11.1. The Balaban J connectivity index is 2.04. The Kier molecular flexibility index (Phi) is 2.86. The van der Waals surface area contributed by atoms with Crippen LogP contribution in [0.15, 0.2) is 22.8 Å². The van der Waals surface area contributed by atoms with Gasteiger partial charge in [0.15, 0.2) is 0 Å². The van der Waals surface area contributed by atoms with Gasteiger partial charge in [-0.2, -0.15) is 0 Å². The molecule has 0 atom stereocenters. The summed E-state index contributed by atoms with van der Waals surface area (Å²) in [5.74, 6) is 0.597. The maximum absolute atomic E-state index is 4.44. The topological polar surface area (TPSA) is 16.1 Å². The summed E-state index contributed by atoms with van der Waals surface area (Å²) >= 11 is 3.56. The third kappa shape index (κ3) is 2.23. The summed E-state index contributed by atoms with van der Waals surface area (Å²) in [6.45, 7) is 9.03. The predicted molar refractivity (Wildman–Crippen MR) is 66.0 cm³/mol. The van der Waals surface area contributed by atoms with Crippen molar-refractivity contribution in [2.75, 3.05) is 13.1 Å². The van der Waals surface area contributed by atoms with Crippen molar-refractivity contribution in [1.29, 1.82) is 0 Å². The van der Waals surface area contributed by atoms with Crippen molar-refractivity contribution < 1.29 is 0 Å². The summed E-state index contributed by atoms with van der Waals surface area (Å²) in [4.78, 5) is 6.93. The van der Waals surface area contributed by atoms with E-state index in [1.54, 1.807) is 0 Å². The molecule has 2 heterocycles. The third-order valence-electron chi connectivity index (χ3n) is 3.00. The van der Waals surface area contributed by atoms with E-state index in [4.69, 9.17) is 0 Å². The molecule has 15 heavy (non-hydrogen) atoms. The molecule has 2 nitrogen and oxygen atoms in total. The molecule has 3 heteroatoms. The van der Waals surface area contributed by atoms with Crippen LogP contribution in [-0.4, -0.2) is 28.5 Å². The minimum absolute atomic E-state index is 0.289. The maximum Gasteiger partial charge on any atom is 0.0601 e. The van der Waals surface area contributed by atoms with Crippen LogP contribution in [0.4, 0.5) is 0 Å². The zero-order valence-electron chi connectivity index (χ0n) is 9.50. The van der Waals surface area contributed by atoms with Gasteiger partial charge in [-0.15, -0.1) is 0 Å². The number of nitrogens with zero attached hydrogens (tertiary/aromatic N) is 2. The molecule has 0 aromatic carbocycles. The van der Waals surface area contributed by atoms with Crippen LogP contribution >= 0.6 is 15.9 Å². The minimum Gasteiger partial charge on any atom is -0.297 e. The van der Waals surface area contributed by atoms with Crippen LogP contribution in [0, 0.1) is 0 Å². The van der Waals surface area contributed by atoms with E-state index in [0.717, 1.165) is 17.6 Å². The fourth-order valence-corrected chi connectivity index (χ4v) is 2.48. The molecule has 1 aromatic heterocycles. The van der Waals surface area contributed by atoms with Gasteiger partial charge >= 0.3 is 0 Å². The van der Waals surface area contributed by atoms with Crippen molar-refractivity contribution in [2.45, 2.75) is 32.2 Å². The Morgan fingerprint density at radius 3 is 2.60 bits per heavy atom. The van der Waals surface area contributed by atoms with Crippen LogP contribution in [-0.2, 0) is 0 Å². The van der Waals surface area contributed by atoms with Crippen molar-refractivity contribution in [1.82, 2.24) is 9.88 Å². The molecule has 0 spiro atoms. The van der Waals surface area contributed by atoms with Gasteiger partial charge in [0.1, 0.15) is 0 Å². The van der Waals surface area contributed by atoms with Crippen molar-refractivity contribution >= 4 is 15.9 Å². The highest BCUT2D eigenvalue weighted by Crippen LogP contribution is 2.34. The van der Waals surface area contributed by atoms with Crippen LogP contribution in [0.1, 0.15) is 32.4 Å². The van der Waals surface area contributed by atoms with Gasteiger partial charge in [-0.1, -0.05) is 0 Å². The standard InChI is InChI=1S/C12H17BrN2/c1-12(2,3)15-7-9(8-15)11-10(13)5-4-6-14-11/h4-6,9H,7-8H2,1-3H3. The van der Waals surface area contributed by atoms with Gasteiger partial charge in [0.25, 0.3) is 0 Å². The number of likely N-dealkylation sites (tertiary alicyclic amines) is 1. The first-order valence-corrected chi connectivity index (χ1v) is 6.13. The summed E-state index contributed by atoms with van der Waals surface area (Å²) in [5.41, 5.74) is 1.50. The molecule has 1 saturated heterocycles. The van der Waals surface area contributed by atoms with Crippen LogP contribution in [0.5, 0.6) is 0 Å². The third-order valence-corrected chi connectivity index (χ3v) is 3.67. The molecule has 1 aliphatic rings. The Morgan fingerprint density at radius 1 is 1.40 bits per heavy atom. The summed E-state index contributed by atoms with van der Waals surface area (Å²) in [7, 11) is 0. The average Bonchev–Trinajstić information content (AvgIpc) is 2.03. The molecule has 0 saturated carbocycles. The Morgan fingerprint density at radius 2 is 2.07 bits per heavy atom. The van der Waals surface area contributed by atoms with E-state index in [0.29, 0.717) is 5.92 Å². The fourth-order valence-electron chi connectivity index (χ4n) is 1.90. The molecule has 0 amide bonds. The lowest BCUT2D eigenvalue weighted by Gasteiger charge is -2.47. The van der Waals surface area contributed by atoms with E-state index in [2.05, 4.69) is 52.7 Å². The summed E-state index contributed by atoms with van der Waals surface area (Å²) in [6.07, 6.45) is 1.87. The number of pyridine rings is 1. The molecular weight excluding hydrogens is 252 g/mol. The summed E-state index contributed by atoms with van der Waals surface area (Å²) in [5, 5.41) is 0. The van der Waals surface area contributed by atoms with E-state index in [1.165, 1.54) is 5.69 Å². The highest BCUT2D eigenvalue weighted by atomic mass is 79.9. The van der Waals surface area contributed by atoms with E-state index >= 15 is 0 Å². The Bertz CT molecular complexity index is 351. The van der Waals surface area contributed by atoms with E-state index in [9.17, 15) is 0 Å². The van der Waals surface area contributed by atoms with E-state index in [-0.39, 0.29) is 5.54 Å².